The highest BCUT2D eigenvalue weighted by molar-refractivity contribution is 7.99. The van der Waals surface area contributed by atoms with Crippen LogP contribution in [0.1, 0.15) is 20.3 Å². The largest absolute Gasteiger partial charge is 0.481 e. The fourth-order valence-electron chi connectivity index (χ4n) is 1.73. The number of carbonyl (C=O) groups is 1. The number of carboxylic acid groups (broad SMARTS) is 1. The Hall–Kier alpha value is -0.420. The molecular weight excluding hydrogens is 317 g/mol. The smallest absolute Gasteiger partial charge is 0.304 e. The van der Waals surface area contributed by atoms with Crippen molar-refractivity contribution in [2.45, 2.75) is 31.2 Å². The number of aliphatic carboxylic acids is 1. The molecule has 3 nitrogen and oxygen atoms in total. The van der Waals surface area contributed by atoms with Crippen LogP contribution in [0.15, 0.2) is 23.1 Å². The van der Waals surface area contributed by atoms with Crippen LogP contribution in [-0.4, -0.2) is 40.9 Å². The number of halogens is 2. The maximum atomic E-state index is 10.6. The van der Waals surface area contributed by atoms with Crippen molar-refractivity contribution < 1.29 is 9.90 Å². The van der Waals surface area contributed by atoms with Gasteiger partial charge in [-0.05, 0) is 32.0 Å². The summed E-state index contributed by atoms with van der Waals surface area (Å²) in [6.45, 7) is 5.52. The summed E-state index contributed by atoms with van der Waals surface area (Å²) in [5.74, 6) is 0.0823. The molecule has 0 unspecified atom stereocenters. The van der Waals surface area contributed by atoms with Gasteiger partial charge >= 0.3 is 5.97 Å². The van der Waals surface area contributed by atoms with Crippen LogP contribution in [0, 0.1) is 0 Å². The summed E-state index contributed by atoms with van der Waals surface area (Å²) in [6.07, 6.45) is 0.167. The van der Waals surface area contributed by atoms with Crippen LogP contribution in [0.4, 0.5) is 0 Å². The molecule has 1 N–H and O–H groups in total. The van der Waals surface area contributed by atoms with E-state index < -0.39 is 5.97 Å². The molecule has 0 saturated carbocycles. The summed E-state index contributed by atoms with van der Waals surface area (Å²) in [5, 5.41) is 10.1. The van der Waals surface area contributed by atoms with Gasteiger partial charge in [-0.25, -0.2) is 0 Å². The average molecular weight is 336 g/mol. The first-order valence-electron chi connectivity index (χ1n) is 6.44. The third-order valence-corrected chi connectivity index (χ3v) is 4.58. The Labute approximate surface area is 134 Å². The van der Waals surface area contributed by atoms with Crippen LogP contribution in [0.2, 0.25) is 10.0 Å². The van der Waals surface area contributed by atoms with Gasteiger partial charge in [0.1, 0.15) is 0 Å². The first kappa shape index (κ1) is 17.6. The molecule has 1 rings (SSSR count). The second kappa shape index (κ2) is 8.78. The average Bonchev–Trinajstić information content (AvgIpc) is 2.36. The van der Waals surface area contributed by atoms with E-state index in [9.17, 15) is 4.79 Å². The van der Waals surface area contributed by atoms with E-state index in [1.807, 2.05) is 6.07 Å². The molecule has 0 radical (unpaired) electrons. The Kier molecular flexibility index (Phi) is 7.74. The van der Waals surface area contributed by atoms with E-state index in [0.717, 1.165) is 17.2 Å². The van der Waals surface area contributed by atoms with Crippen LogP contribution >= 0.6 is 35.0 Å². The number of hydrogen-bond donors (Lipinski definition) is 1. The minimum atomic E-state index is -0.763. The van der Waals surface area contributed by atoms with Crippen LogP contribution < -0.4 is 0 Å². The molecule has 0 heterocycles. The van der Waals surface area contributed by atoms with E-state index >= 15 is 0 Å². The van der Waals surface area contributed by atoms with Gasteiger partial charge in [0, 0.05) is 34.8 Å². The van der Waals surface area contributed by atoms with E-state index in [0.29, 0.717) is 22.6 Å². The van der Waals surface area contributed by atoms with Crippen molar-refractivity contribution in [3.63, 3.8) is 0 Å². The van der Waals surface area contributed by atoms with Crippen molar-refractivity contribution in [3.05, 3.63) is 28.2 Å². The molecule has 112 valence electrons. The number of thioether (sulfide) groups is 1. The normalized spacial score (nSPS) is 11.3. The van der Waals surface area contributed by atoms with E-state index in [-0.39, 0.29) is 6.42 Å². The maximum Gasteiger partial charge on any atom is 0.304 e. The zero-order valence-corrected chi connectivity index (χ0v) is 13.9. The van der Waals surface area contributed by atoms with Gasteiger partial charge in [0.25, 0.3) is 0 Å². The highest BCUT2D eigenvalue weighted by Crippen LogP contribution is 2.29. The molecule has 0 aliphatic heterocycles. The molecule has 0 saturated heterocycles. The second-order valence-corrected chi connectivity index (χ2v) is 6.68. The maximum absolute atomic E-state index is 10.6. The highest BCUT2D eigenvalue weighted by atomic mass is 35.5. The predicted molar refractivity (Wildman–Crippen MR) is 86.1 cm³/mol. The van der Waals surface area contributed by atoms with Crippen molar-refractivity contribution in [2.75, 3.05) is 18.8 Å². The van der Waals surface area contributed by atoms with Gasteiger partial charge in [0.2, 0.25) is 0 Å². The first-order valence-corrected chi connectivity index (χ1v) is 8.18. The predicted octanol–water partition coefficient (Wildman–Crippen LogP) is 4.27. The fraction of sp³-hybridized carbons (Fsp3) is 0.500. The number of hydrogen-bond acceptors (Lipinski definition) is 3. The van der Waals surface area contributed by atoms with Gasteiger partial charge in [0.15, 0.2) is 0 Å². The molecule has 0 aliphatic rings. The summed E-state index contributed by atoms with van der Waals surface area (Å²) in [7, 11) is 0. The topological polar surface area (TPSA) is 40.5 Å². The minimum absolute atomic E-state index is 0.167. The van der Waals surface area contributed by atoms with Gasteiger partial charge in [-0.2, -0.15) is 0 Å². The van der Waals surface area contributed by atoms with Crippen molar-refractivity contribution in [3.8, 4) is 0 Å². The Balaban J connectivity index is 2.47. The lowest BCUT2D eigenvalue weighted by atomic mass is 10.3. The highest BCUT2D eigenvalue weighted by Gasteiger charge is 2.11. The molecule has 20 heavy (non-hydrogen) atoms. The molecule has 0 bridgehead atoms. The third kappa shape index (κ3) is 6.35. The SMILES string of the molecule is CC(C)N(CCSc1cc(Cl)ccc1Cl)CCC(=O)O. The van der Waals surface area contributed by atoms with Gasteiger partial charge in [-0.3, -0.25) is 9.69 Å². The van der Waals surface area contributed by atoms with Crippen LogP contribution in [0.5, 0.6) is 0 Å². The number of nitrogens with zero attached hydrogens (tertiary/aromatic N) is 1. The monoisotopic (exact) mass is 335 g/mol. The van der Waals surface area contributed by atoms with Crippen molar-refractivity contribution in [1.82, 2.24) is 4.90 Å². The van der Waals surface area contributed by atoms with Crippen molar-refractivity contribution in [1.29, 1.82) is 0 Å². The van der Waals surface area contributed by atoms with E-state index in [1.54, 1.807) is 23.9 Å². The van der Waals surface area contributed by atoms with Crippen molar-refractivity contribution >= 4 is 40.9 Å². The Morgan fingerprint density at radius 3 is 2.65 bits per heavy atom. The molecule has 0 fully saturated rings. The summed E-state index contributed by atoms with van der Waals surface area (Å²) in [5.41, 5.74) is 0. The molecule has 0 atom stereocenters. The summed E-state index contributed by atoms with van der Waals surface area (Å²) in [4.78, 5) is 13.8. The molecular formula is C14H19Cl2NO2S. The lowest BCUT2D eigenvalue weighted by Crippen LogP contribution is -2.34. The standard InChI is InChI=1S/C14H19Cl2NO2S/c1-10(2)17(6-5-14(18)19)7-8-20-13-9-11(15)3-4-12(13)16/h3-4,9-10H,5-8H2,1-2H3,(H,18,19). The third-order valence-electron chi connectivity index (χ3n) is 2.87. The van der Waals surface area contributed by atoms with Crippen LogP contribution in [0.3, 0.4) is 0 Å². The van der Waals surface area contributed by atoms with E-state index in [2.05, 4.69) is 18.7 Å². The fourth-order valence-corrected chi connectivity index (χ4v) is 3.21. The Bertz CT molecular complexity index is 455. The number of benzene rings is 1. The molecule has 0 aromatic heterocycles. The second-order valence-electron chi connectivity index (χ2n) is 4.70. The van der Waals surface area contributed by atoms with E-state index in [1.165, 1.54) is 0 Å². The van der Waals surface area contributed by atoms with Gasteiger partial charge in [-0.15, -0.1) is 11.8 Å². The molecule has 6 heteroatoms. The number of carboxylic acids is 1. The van der Waals surface area contributed by atoms with Crippen LogP contribution in [-0.2, 0) is 4.79 Å². The van der Waals surface area contributed by atoms with Gasteiger partial charge in [-0.1, -0.05) is 23.2 Å². The van der Waals surface area contributed by atoms with E-state index in [4.69, 9.17) is 28.3 Å². The summed E-state index contributed by atoms with van der Waals surface area (Å²) >= 11 is 13.7. The molecule has 0 amide bonds. The Morgan fingerprint density at radius 2 is 2.05 bits per heavy atom. The lowest BCUT2D eigenvalue weighted by Gasteiger charge is -2.25. The molecule has 1 aromatic rings. The summed E-state index contributed by atoms with van der Waals surface area (Å²) in [6, 6.07) is 5.73. The van der Waals surface area contributed by atoms with Gasteiger partial charge in [0.05, 0.1) is 11.4 Å². The van der Waals surface area contributed by atoms with Crippen LogP contribution in [0.25, 0.3) is 0 Å². The number of rotatable bonds is 8. The molecule has 0 aliphatic carbocycles. The minimum Gasteiger partial charge on any atom is -0.481 e. The lowest BCUT2D eigenvalue weighted by molar-refractivity contribution is -0.137. The molecule has 1 aromatic carbocycles. The van der Waals surface area contributed by atoms with Gasteiger partial charge < -0.3 is 5.11 Å². The quantitative estimate of drug-likeness (QED) is 0.720. The first-order chi connectivity index (χ1) is 9.40. The van der Waals surface area contributed by atoms with Crippen molar-refractivity contribution in [2.24, 2.45) is 0 Å². The zero-order valence-electron chi connectivity index (χ0n) is 11.6. The Morgan fingerprint density at radius 1 is 1.35 bits per heavy atom. The summed E-state index contributed by atoms with van der Waals surface area (Å²) < 4.78 is 0. The zero-order chi connectivity index (χ0) is 15.1. The molecule has 0 spiro atoms.